The quantitative estimate of drug-likeness (QED) is 0.691. The van der Waals surface area contributed by atoms with Gasteiger partial charge in [0.15, 0.2) is 5.78 Å². The van der Waals surface area contributed by atoms with E-state index in [4.69, 9.17) is 0 Å². The van der Waals surface area contributed by atoms with Gasteiger partial charge < -0.3 is 0 Å². The number of carbonyl (C=O) groups is 1. The largest absolute Gasteiger partial charge is 0.293 e. The van der Waals surface area contributed by atoms with Gasteiger partial charge >= 0.3 is 0 Å². The van der Waals surface area contributed by atoms with Gasteiger partial charge in [0.1, 0.15) is 0 Å². The molecule has 0 aliphatic rings. The summed E-state index contributed by atoms with van der Waals surface area (Å²) in [6, 6.07) is 8.04. The maximum atomic E-state index is 12.4. The average Bonchev–Trinajstić information content (AvgIpc) is 3.03. The Labute approximate surface area is 121 Å². The summed E-state index contributed by atoms with van der Waals surface area (Å²) in [6.07, 6.45) is 0.330. The zero-order valence-corrected chi connectivity index (χ0v) is 12.3. The molecule has 0 amide bonds. The van der Waals surface area contributed by atoms with Crippen LogP contribution >= 0.6 is 11.3 Å². The molecule has 0 fully saturated rings. The highest BCUT2D eigenvalue weighted by atomic mass is 32.1. The van der Waals surface area contributed by atoms with E-state index >= 15 is 0 Å². The first kappa shape index (κ1) is 13.0. The highest BCUT2D eigenvalue weighted by molar-refractivity contribution is 7.11. The molecule has 2 heterocycles. The standard InChI is InChI=1S/C15H15N3OS/c1-3-18-13-7-5-4-6-11(13)12(17-18)8-14(19)15-10(2)16-9-20-15/h4-7,9H,3,8H2,1-2H3. The molecule has 102 valence electrons. The van der Waals surface area contributed by atoms with Crippen LogP contribution in [0, 0.1) is 6.92 Å². The summed E-state index contributed by atoms with van der Waals surface area (Å²) < 4.78 is 1.94. The second kappa shape index (κ2) is 5.17. The van der Waals surface area contributed by atoms with Crippen LogP contribution in [0.15, 0.2) is 29.8 Å². The van der Waals surface area contributed by atoms with Crippen LogP contribution in [0.5, 0.6) is 0 Å². The molecule has 0 unspecified atom stereocenters. The molecule has 4 nitrogen and oxygen atoms in total. The summed E-state index contributed by atoms with van der Waals surface area (Å²) in [5, 5.41) is 5.63. The lowest BCUT2D eigenvalue weighted by Crippen LogP contribution is -2.05. The van der Waals surface area contributed by atoms with Gasteiger partial charge in [-0.1, -0.05) is 18.2 Å². The lowest BCUT2D eigenvalue weighted by Gasteiger charge is -1.97. The Kier molecular flexibility index (Phi) is 3.36. The predicted molar refractivity (Wildman–Crippen MR) is 80.3 cm³/mol. The van der Waals surface area contributed by atoms with Gasteiger partial charge in [-0.2, -0.15) is 5.10 Å². The number of ketones is 1. The molecule has 1 aromatic carbocycles. The Hall–Kier alpha value is -2.01. The fourth-order valence-electron chi connectivity index (χ4n) is 2.37. The Morgan fingerprint density at radius 1 is 1.35 bits per heavy atom. The van der Waals surface area contributed by atoms with Crippen LogP contribution in [0.1, 0.15) is 28.0 Å². The third-order valence-electron chi connectivity index (χ3n) is 3.36. The van der Waals surface area contributed by atoms with Crippen LogP contribution in [0.3, 0.4) is 0 Å². The summed E-state index contributed by atoms with van der Waals surface area (Å²) in [4.78, 5) is 17.2. The van der Waals surface area contributed by atoms with E-state index in [-0.39, 0.29) is 5.78 Å². The number of aryl methyl sites for hydroxylation is 2. The number of aromatic nitrogens is 3. The van der Waals surface area contributed by atoms with Crippen LogP contribution < -0.4 is 0 Å². The monoisotopic (exact) mass is 285 g/mol. The van der Waals surface area contributed by atoms with E-state index in [1.165, 1.54) is 11.3 Å². The van der Waals surface area contributed by atoms with Crippen LogP contribution in [0.2, 0.25) is 0 Å². The van der Waals surface area contributed by atoms with Crippen molar-refractivity contribution in [2.24, 2.45) is 0 Å². The normalized spacial score (nSPS) is 11.1. The maximum absolute atomic E-state index is 12.4. The van der Waals surface area contributed by atoms with Crippen molar-refractivity contribution in [3.05, 3.63) is 46.0 Å². The number of rotatable bonds is 4. The summed E-state index contributed by atoms with van der Waals surface area (Å²) in [5.74, 6) is 0.0940. The molecule has 3 aromatic rings. The fraction of sp³-hybridized carbons (Fsp3) is 0.267. The average molecular weight is 285 g/mol. The molecule has 0 N–H and O–H groups in total. The second-order valence-corrected chi connectivity index (χ2v) is 5.50. The molecule has 0 saturated carbocycles. The number of carbonyl (C=O) groups excluding carboxylic acids is 1. The van der Waals surface area contributed by atoms with E-state index in [1.54, 1.807) is 5.51 Å². The number of Topliss-reactive ketones (excluding diaryl/α,β-unsaturated/α-hetero) is 1. The summed E-state index contributed by atoms with van der Waals surface area (Å²) >= 11 is 1.40. The van der Waals surface area contributed by atoms with Crippen molar-refractivity contribution in [2.75, 3.05) is 0 Å². The van der Waals surface area contributed by atoms with Gasteiger partial charge in [-0.15, -0.1) is 11.3 Å². The molecule has 0 aliphatic carbocycles. The molecule has 0 radical (unpaired) electrons. The molecule has 0 saturated heterocycles. The molecule has 5 heteroatoms. The van der Waals surface area contributed by atoms with Gasteiger partial charge in [0.05, 0.1) is 33.7 Å². The van der Waals surface area contributed by atoms with E-state index in [0.717, 1.165) is 33.7 Å². The van der Waals surface area contributed by atoms with Crippen LogP contribution in [-0.2, 0) is 13.0 Å². The first-order chi connectivity index (χ1) is 9.70. The predicted octanol–water partition coefficient (Wildman–Crippen LogP) is 3.25. The van der Waals surface area contributed by atoms with Crippen molar-refractivity contribution in [1.29, 1.82) is 0 Å². The van der Waals surface area contributed by atoms with E-state index in [0.29, 0.717) is 6.42 Å². The molecule has 0 aliphatic heterocycles. The lowest BCUT2D eigenvalue weighted by atomic mass is 10.1. The summed E-state index contributed by atoms with van der Waals surface area (Å²) in [5.41, 5.74) is 4.45. The van der Waals surface area contributed by atoms with Crippen molar-refractivity contribution in [3.63, 3.8) is 0 Å². The number of hydrogen-bond donors (Lipinski definition) is 0. The van der Waals surface area contributed by atoms with Crippen LogP contribution in [0.4, 0.5) is 0 Å². The topological polar surface area (TPSA) is 47.8 Å². The van der Waals surface area contributed by atoms with Gasteiger partial charge in [0.25, 0.3) is 0 Å². The van der Waals surface area contributed by atoms with Crippen molar-refractivity contribution >= 4 is 28.0 Å². The molecule has 2 aromatic heterocycles. The number of benzene rings is 1. The van der Waals surface area contributed by atoms with E-state index in [9.17, 15) is 4.79 Å². The SMILES string of the molecule is CCn1nc(CC(=O)c2scnc2C)c2ccccc21. The van der Waals surface area contributed by atoms with Gasteiger partial charge in [-0.25, -0.2) is 4.98 Å². The zero-order valence-electron chi connectivity index (χ0n) is 11.5. The third-order valence-corrected chi connectivity index (χ3v) is 4.33. The number of fused-ring (bicyclic) bond motifs is 1. The van der Waals surface area contributed by atoms with Crippen molar-refractivity contribution in [3.8, 4) is 0 Å². The number of thiazole rings is 1. The highest BCUT2D eigenvalue weighted by Crippen LogP contribution is 2.21. The molecule has 0 spiro atoms. The van der Waals surface area contributed by atoms with Crippen LogP contribution in [-0.4, -0.2) is 20.5 Å². The Balaban J connectivity index is 1.99. The van der Waals surface area contributed by atoms with Crippen molar-refractivity contribution in [1.82, 2.24) is 14.8 Å². The van der Waals surface area contributed by atoms with E-state index in [1.807, 2.05) is 35.9 Å². The third kappa shape index (κ3) is 2.14. The fourth-order valence-corrected chi connectivity index (χ4v) is 3.11. The van der Waals surface area contributed by atoms with Crippen molar-refractivity contribution in [2.45, 2.75) is 26.8 Å². The second-order valence-electron chi connectivity index (χ2n) is 4.65. The van der Waals surface area contributed by atoms with Crippen molar-refractivity contribution < 1.29 is 4.79 Å². The Morgan fingerprint density at radius 2 is 2.15 bits per heavy atom. The zero-order chi connectivity index (χ0) is 14.1. The smallest absolute Gasteiger partial charge is 0.180 e. The Morgan fingerprint density at radius 3 is 2.85 bits per heavy atom. The van der Waals surface area contributed by atoms with Gasteiger partial charge in [-0.3, -0.25) is 9.48 Å². The van der Waals surface area contributed by atoms with E-state index in [2.05, 4.69) is 17.0 Å². The molecular weight excluding hydrogens is 270 g/mol. The highest BCUT2D eigenvalue weighted by Gasteiger charge is 2.17. The first-order valence-corrected chi connectivity index (χ1v) is 7.46. The molecule has 0 bridgehead atoms. The molecule has 0 atom stereocenters. The lowest BCUT2D eigenvalue weighted by molar-refractivity contribution is 0.0995. The summed E-state index contributed by atoms with van der Waals surface area (Å²) in [7, 11) is 0. The van der Waals surface area contributed by atoms with Gasteiger partial charge in [0.2, 0.25) is 0 Å². The minimum atomic E-state index is 0.0940. The number of nitrogens with zero attached hydrogens (tertiary/aromatic N) is 3. The van der Waals surface area contributed by atoms with Crippen LogP contribution in [0.25, 0.3) is 10.9 Å². The number of hydrogen-bond acceptors (Lipinski definition) is 4. The van der Waals surface area contributed by atoms with Gasteiger partial charge in [0, 0.05) is 11.9 Å². The minimum Gasteiger partial charge on any atom is -0.293 e. The maximum Gasteiger partial charge on any atom is 0.180 e. The number of para-hydroxylation sites is 1. The minimum absolute atomic E-state index is 0.0940. The van der Waals surface area contributed by atoms with E-state index < -0.39 is 0 Å². The molecule has 3 rings (SSSR count). The molecular formula is C15H15N3OS. The van der Waals surface area contributed by atoms with Gasteiger partial charge in [-0.05, 0) is 19.9 Å². The summed E-state index contributed by atoms with van der Waals surface area (Å²) in [6.45, 7) is 4.72. The molecule has 20 heavy (non-hydrogen) atoms. The first-order valence-electron chi connectivity index (χ1n) is 6.58. The Bertz CT molecular complexity index is 772.